The van der Waals surface area contributed by atoms with Crippen LogP contribution in [0.3, 0.4) is 0 Å². The first-order chi connectivity index (χ1) is 7.65. The molecule has 0 saturated heterocycles. The molecule has 2 rings (SSSR count). The molecule has 1 aromatic carbocycles. The van der Waals surface area contributed by atoms with Crippen molar-refractivity contribution in [3.63, 3.8) is 0 Å². The average molecular weight is 284 g/mol. The van der Waals surface area contributed by atoms with E-state index in [4.69, 9.17) is 14.9 Å². The topological polar surface area (TPSA) is 65.5 Å². The van der Waals surface area contributed by atoms with Gasteiger partial charge in [0.25, 0.3) is 0 Å². The van der Waals surface area contributed by atoms with Crippen molar-refractivity contribution in [1.82, 2.24) is 0 Å². The van der Waals surface area contributed by atoms with Crippen LogP contribution in [-0.4, -0.2) is 12.6 Å². The van der Waals surface area contributed by atoms with Crippen LogP contribution in [0.5, 0.6) is 0 Å². The van der Waals surface area contributed by atoms with Crippen LogP contribution in [0.15, 0.2) is 27.1 Å². The third-order valence-corrected chi connectivity index (χ3v) is 2.82. The molecular formula is C11H10BrNO3. The normalized spacial score (nSPS) is 10.6. The number of furan rings is 1. The van der Waals surface area contributed by atoms with Crippen molar-refractivity contribution in [3.8, 4) is 0 Å². The van der Waals surface area contributed by atoms with Crippen LogP contribution in [0.4, 0.5) is 5.69 Å². The second kappa shape index (κ2) is 4.17. The minimum Gasteiger partial charge on any atom is -0.460 e. The number of nitrogen functional groups attached to an aromatic ring is 1. The van der Waals surface area contributed by atoms with Crippen LogP contribution < -0.4 is 5.73 Å². The van der Waals surface area contributed by atoms with E-state index in [2.05, 4.69) is 15.9 Å². The standard InChI is InChI=1S/C11H10BrNO3/c1-2-15-11(14)10-9(13)8-6(12)4-3-5-7(8)16-10/h3-5H,2,13H2,1H3. The fourth-order valence-corrected chi connectivity index (χ4v) is 2.04. The quantitative estimate of drug-likeness (QED) is 0.861. The van der Waals surface area contributed by atoms with Gasteiger partial charge in [-0.05, 0) is 35.0 Å². The number of ether oxygens (including phenoxy) is 1. The second-order valence-electron chi connectivity index (χ2n) is 3.18. The van der Waals surface area contributed by atoms with Gasteiger partial charge in [0, 0.05) is 4.47 Å². The van der Waals surface area contributed by atoms with Crippen molar-refractivity contribution in [2.75, 3.05) is 12.3 Å². The van der Waals surface area contributed by atoms with E-state index in [0.717, 1.165) is 4.47 Å². The maximum Gasteiger partial charge on any atom is 0.376 e. The smallest absolute Gasteiger partial charge is 0.376 e. The molecule has 1 aromatic heterocycles. The number of hydrogen-bond donors (Lipinski definition) is 1. The Labute approximate surface area is 100 Å². The molecule has 0 aliphatic carbocycles. The van der Waals surface area contributed by atoms with E-state index in [9.17, 15) is 4.79 Å². The first kappa shape index (κ1) is 11.0. The van der Waals surface area contributed by atoms with Crippen molar-refractivity contribution >= 4 is 38.6 Å². The van der Waals surface area contributed by atoms with Crippen molar-refractivity contribution in [2.24, 2.45) is 0 Å². The molecule has 2 N–H and O–H groups in total. The van der Waals surface area contributed by atoms with Crippen LogP contribution in [0.1, 0.15) is 17.5 Å². The fourth-order valence-electron chi connectivity index (χ4n) is 1.48. The van der Waals surface area contributed by atoms with Gasteiger partial charge in [0.2, 0.25) is 5.76 Å². The summed E-state index contributed by atoms with van der Waals surface area (Å²) >= 11 is 3.36. The Kier molecular flexibility index (Phi) is 2.87. The minimum absolute atomic E-state index is 0.0590. The monoisotopic (exact) mass is 283 g/mol. The van der Waals surface area contributed by atoms with Crippen molar-refractivity contribution < 1.29 is 13.9 Å². The SMILES string of the molecule is CCOC(=O)c1oc2cccc(Br)c2c1N. The molecule has 0 aliphatic rings. The number of halogens is 1. The van der Waals surface area contributed by atoms with E-state index < -0.39 is 5.97 Å². The lowest BCUT2D eigenvalue weighted by Gasteiger charge is -1.98. The Morgan fingerprint density at radius 1 is 1.56 bits per heavy atom. The Balaban J connectivity index is 2.61. The number of benzene rings is 1. The highest BCUT2D eigenvalue weighted by atomic mass is 79.9. The highest BCUT2D eigenvalue weighted by molar-refractivity contribution is 9.10. The lowest BCUT2D eigenvalue weighted by atomic mass is 10.2. The predicted octanol–water partition coefficient (Wildman–Crippen LogP) is 2.95. The van der Waals surface area contributed by atoms with Crippen LogP contribution in [0.25, 0.3) is 11.0 Å². The summed E-state index contributed by atoms with van der Waals surface area (Å²) in [5, 5.41) is 0.700. The van der Waals surface area contributed by atoms with E-state index in [1.165, 1.54) is 0 Å². The molecule has 16 heavy (non-hydrogen) atoms. The molecule has 0 bridgehead atoms. The van der Waals surface area contributed by atoms with Crippen LogP contribution in [-0.2, 0) is 4.74 Å². The Morgan fingerprint density at radius 3 is 2.94 bits per heavy atom. The summed E-state index contributed by atoms with van der Waals surface area (Å²) < 4.78 is 11.0. The third kappa shape index (κ3) is 1.67. The molecule has 0 saturated carbocycles. The molecule has 0 spiro atoms. The summed E-state index contributed by atoms with van der Waals surface area (Å²) in [6, 6.07) is 5.40. The van der Waals surface area contributed by atoms with Crippen LogP contribution >= 0.6 is 15.9 Å². The summed E-state index contributed by atoms with van der Waals surface area (Å²) in [5.74, 6) is -0.480. The van der Waals surface area contributed by atoms with Gasteiger partial charge < -0.3 is 14.9 Å². The van der Waals surface area contributed by atoms with E-state index in [1.54, 1.807) is 13.0 Å². The Hall–Kier alpha value is -1.49. The Morgan fingerprint density at radius 2 is 2.31 bits per heavy atom. The number of carbonyl (C=O) groups is 1. The number of fused-ring (bicyclic) bond motifs is 1. The lowest BCUT2D eigenvalue weighted by Crippen LogP contribution is -2.05. The van der Waals surface area contributed by atoms with Gasteiger partial charge in [0.05, 0.1) is 17.7 Å². The minimum atomic E-state index is -0.539. The summed E-state index contributed by atoms with van der Waals surface area (Å²) in [6.45, 7) is 2.02. The molecule has 0 fully saturated rings. The van der Waals surface area contributed by atoms with E-state index in [1.807, 2.05) is 12.1 Å². The zero-order valence-electron chi connectivity index (χ0n) is 8.62. The molecule has 0 amide bonds. The zero-order chi connectivity index (χ0) is 11.7. The van der Waals surface area contributed by atoms with Crippen molar-refractivity contribution in [3.05, 3.63) is 28.4 Å². The van der Waals surface area contributed by atoms with Gasteiger partial charge in [0.1, 0.15) is 5.58 Å². The summed E-state index contributed by atoms with van der Waals surface area (Å²) in [5.41, 5.74) is 6.72. The number of hydrogen-bond acceptors (Lipinski definition) is 4. The number of carbonyl (C=O) groups excluding carboxylic acids is 1. The zero-order valence-corrected chi connectivity index (χ0v) is 10.2. The Bertz CT molecular complexity index is 547. The molecular weight excluding hydrogens is 274 g/mol. The van der Waals surface area contributed by atoms with Gasteiger partial charge in [-0.1, -0.05) is 6.07 Å². The molecule has 2 aromatic rings. The number of rotatable bonds is 2. The van der Waals surface area contributed by atoms with Gasteiger partial charge in [-0.3, -0.25) is 0 Å². The van der Waals surface area contributed by atoms with Gasteiger partial charge in [-0.2, -0.15) is 0 Å². The first-order valence-corrected chi connectivity index (χ1v) is 5.58. The molecule has 84 valence electrons. The van der Waals surface area contributed by atoms with Gasteiger partial charge in [0.15, 0.2) is 0 Å². The molecule has 5 heteroatoms. The van der Waals surface area contributed by atoms with E-state index >= 15 is 0 Å². The number of esters is 1. The molecule has 0 atom stereocenters. The van der Waals surface area contributed by atoms with Crippen molar-refractivity contribution in [2.45, 2.75) is 6.92 Å². The molecule has 1 heterocycles. The van der Waals surface area contributed by atoms with Crippen LogP contribution in [0.2, 0.25) is 0 Å². The highest BCUT2D eigenvalue weighted by Crippen LogP contribution is 2.34. The van der Waals surface area contributed by atoms with E-state index in [0.29, 0.717) is 16.7 Å². The summed E-state index contributed by atoms with van der Waals surface area (Å²) in [4.78, 5) is 11.5. The highest BCUT2D eigenvalue weighted by Gasteiger charge is 2.20. The second-order valence-corrected chi connectivity index (χ2v) is 4.03. The molecule has 0 aliphatic heterocycles. The van der Waals surface area contributed by atoms with Gasteiger partial charge in [-0.25, -0.2) is 4.79 Å². The fraction of sp³-hybridized carbons (Fsp3) is 0.182. The summed E-state index contributed by atoms with van der Waals surface area (Å²) in [7, 11) is 0. The maximum atomic E-state index is 11.5. The predicted molar refractivity (Wildman–Crippen MR) is 64.3 cm³/mol. The lowest BCUT2D eigenvalue weighted by molar-refractivity contribution is 0.0494. The largest absolute Gasteiger partial charge is 0.460 e. The molecule has 4 nitrogen and oxygen atoms in total. The molecule has 0 unspecified atom stereocenters. The average Bonchev–Trinajstić information content (AvgIpc) is 2.58. The maximum absolute atomic E-state index is 11.5. The number of anilines is 1. The first-order valence-electron chi connectivity index (χ1n) is 4.78. The van der Waals surface area contributed by atoms with Crippen molar-refractivity contribution in [1.29, 1.82) is 0 Å². The van der Waals surface area contributed by atoms with Gasteiger partial charge in [-0.15, -0.1) is 0 Å². The third-order valence-electron chi connectivity index (χ3n) is 2.16. The van der Waals surface area contributed by atoms with E-state index in [-0.39, 0.29) is 12.4 Å². The number of nitrogens with two attached hydrogens (primary N) is 1. The summed E-state index contributed by atoms with van der Waals surface area (Å²) in [6.07, 6.45) is 0. The van der Waals surface area contributed by atoms with Crippen LogP contribution in [0, 0.1) is 0 Å². The van der Waals surface area contributed by atoms with Gasteiger partial charge >= 0.3 is 5.97 Å². The molecule has 0 radical (unpaired) electrons.